The van der Waals surface area contributed by atoms with E-state index in [9.17, 15) is 24.8 Å². The van der Waals surface area contributed by atoms with Crippen LogP contribution in [0.15, 0.2) is 18.2 Å². The van der Waals surface area contributed by atoms with Crippen LogP contribution in [0.2, 0.25) is 0 Å². The predicted molar refractivity (Wildman–Crippen MR) is 96.3 cm³/mol. The second-order valence-electron chi connectivity index (χ2n) is 5.49. The Morgan fingerprint density at radius 1 is 1.52 bits per heavy atom. The van der Waals surface area contributed by atoms with Gasteiger partial charge in [0.05, 0.1) is 17.8 Å². The number of rotatable bonds is 8. The van der Waals surface area contributed by atoms with Gasteiger partial charge in [-0.2, -0.15) is 11.8 Å². The maximum absolute atomic E-state index is 12.0. The van der Waals surface area contributed by atoms with Crippen LogP contribution in [0.4, 0.5) is 5.69 Å². The summed E-state index contributed by atoms with van der Waals surface area (Å²) in [7, 11) is 1.36. The highest BCUT2D eigenvalue weighted by Crippen LogP contribution is 2.30. The number of aliphatic carboxylic acids is 1. The zero-order chi connectivity index (χ0) is 18.4. The molecule has 1 atom stereocenters. The third-order valence-corrected chi connectivity index (χ3v) is 5.95. The van der Waals surface area contributed by atoms with Crippen molar-refractivity contribution >= 4 is 41.1 Å². The lowest BCUT2D eigenvalue weighted by molar-refractivity contribution is -0.385. The first-order valence-electron chi connectivity index (χ1n) is 7.39. The lowest BCUT2D eigenvalue weighted by Gasteiger charge is -2.24. The summed E-state index contributed by atoms with van der Waals surface area (Å²) >= 11 is 2.77. The summed E-state index contributed by atoms with van der Waals surface area (Å²) in [5.74, 6) is 0.365. The van der Waals surface area contributed by atoms with Crippen molar-refractivity contribution in [2.75, 3.05) is 24.4 Å². The minimum absolute atomic E-state index is 0.0829. The molecule has 1 heterocycles. The van der Waals surface area contributed by atoms with Crippen LogP contribution in [-0.2, 0) is 15.3 Å². The fraction of sp³-hybridized carbons (Fsp3) is 0.467. The number of ether oxygens (including phenoxy) is 1. The number of hydrogen-bond acceptors (Lipinski definition) is 7. The van der Waals surface area contributed by atoms with E-state index >= 15 is 0 Å². The van der Waals surface area contributed by atoms with Crippen molar-refractivity contribution in [3.8, 4) is 5.75 Å². The number of nitro benzene ring substituents is 1. The van der Waals surface area contributed by atoms with Gasteiger partial charge in [0.2, 0.25) is 5.91 Å². The highest BCUT2D eigenvalue weighted by Gasteiger charge is 2.43. The summed E-state index contributed by atoms with van der Waals surface area (Å²) in [5.41, 5.74) is -0.617. The van der Waals surface area contributed by atoms with E-state index in [0.29, 0.717) is 29.2 Å². The topological polar surface area (TPSA) is 119 Å². The van der Waals surface area contributed by atoms with E-state index < -0.39 is 16.4 Å². The number of nitrogens with zero attached hydrogens (tertiary/aromatic N) is 1. The molecule has 0 radical (unpaired) electrons. The number of thioether (sulfide) groups is 2. The average Bonchev–Trinajstić information content (AvgIpc) is 3.04. The van der Waals surface area contributed by atoms with Crippen molar-refractivity contribution in [1.29, 1.82) is 0 Å². The summed E-state index contributed by atoms with van der Waals surface area (Å²) in [6, 6.07) is 4.63. The van der Waals surface area contributed by atoms with Crippen LogP contribution in [0, 0.1) is 10.1 Å². The van der Waals surface area contributed by atoms with Crippen molar-refractivity contribution in [2.24, 2.45) is 0 Å². The Kier molecular flexibility index (Phi) is 6.54. The van der Waals surface area contributed by atoms with Gasteiger partial charge in [-0.1, -0.05) is 6.07 Å². The SMILES string of the molecule is COc1ccc(CSCC(=O)NC2(C(=O)O)CCSC2)cc1[N+](=O)[O-]. The molecular weight excluding hydrogens is 368 g/mol. The number of benzene rings is 1. The fourth-order valence-corrected chi connectivity index (χ4v) is 4.52. The van der Waals surface area contributed by atoms with Gasteiger partial charge >= 0.3 is 11.7 Å². The molecule has 1 aromatic rings. The van der Waals surface area contributed by atoms with Crippen LogP contribution >= 0.6 is 23.5 Å². The Morgan fingerprint density at radius 3 is 2.84 bits per heavy atom. The zero-order valence-corrected chi connectivity index (χ0v) is 15.2. The zero-order valence-electron chi connectivity index (χ0n) is 13.5. The second-order valence-corrected chi connectivity index (χ2v) is 7.58. The van der Waals surface area contributed by atoms with Gasteiger partial charge in [0.25, 0.3) is 0 Å². The normalized spacial score (nSPS) is 19.4. The molecule has 1 saturated heterocycles. The van der Waals surface area contributed by atoms with Crippen molar-refractivity contribution in [3.05, 3.63) is 33.9 Å². The quantitative estimate of drug-likeness (QED) is 0.514. The summed E-state index contributed by atoms with van der Waals surface area (Å²) in [4.78, 5) is 33.9. The van der Waals surface area contributed by atoms with Crippen LogP contribution < -0.4 is 10.1 Å². The molecule has 136 valence electrons. The monoisotopic (exact) mass is 386 g/mol. The first-order chi connectivity index (χ1) is 11.9. The van der Waals surface area contributed by atoms with Gasteiger partial charge in [-0.15, -0.1) is 11.8 Å². The Labute approximate surface area is 152 Å². The lowest BCUT2D eigenvalue weighted by Crippen LogP contribution is -2.55. The van der Waals surface area contributed by atoms with Gasteiger partial charge < -0.3 is 15.2 Å². The number of methoxy groups -OCH3 is 1. The van der Waals surface area contributed by atoms with Crippen molar-refractivity contribution in [1.82, 2.24) is 5.32 Å². The summed E-state index contributed by atoms with van der Waals surface area (Å²) in [6.07, 6.45) is 0.411. The maximum Gasteiger partial charge on any atom is 0.330 e. The van der Waals surface area contributed by atoms with Gasteiger partial charge in [-0.05, 0) is 23.8 Å². The number of nitrogens with one attached hydrogen (secondary N) is 1. The highest BCUT2D eigenvalue weighted by atomic mass is 32.2. The van der Waals surface area contributed by atoms with Gasteiger partial charge in [-0.25, -0.2) is 4.79 Å². The standard InChI is InChI=1S/C15H18N2O6S2/c1-23-12-3-2-10(6-11(12)17(21)22)7-25-8-13(18)16-15(14(19)20)4-5-24-9-15/h2-3,6H,4-5,7-9H2,1H3,(H,16,18)(H,19,20). The van der Waals surface area contributed by atoms with Crippen molar-refractivity contribution in [3.63, 3.8) is 0 Å². The molecule has 0 aliphatic carbocycles. The van der Waals surface area contributed by atoms with E-state index in [1.165, 1.54) is 42.8 Å². The van der Waals surface area contributed by atoms with Crippen molar-refractivity contribution < 1.29 is 24.4 Å². The number of amides is 1. The second kappa shape index (κ2) is 8.43. The first-order valence-corrected chi connectivity index (χ1v) is 9.70. The predicted octanol–water partition coefficient (Wildman–Crippen LogP) is 1.91. The number of carbonyl (C=O) groups excluding carboxylic acids is 1. The van der Waals surface area contributed by atoms with Crippen LogP contribution in [0.25, 0.3) is 0 Å². The molecule has 0 spiro atoms. The van der Waals surface area contributed by atoms with E-state index in [1.54, 1.807) is 6.07 Å². The molecule has 0 aromatic heterocycles. The molecular formula is C15H18N2O6S2. The van der Waals surface area contributed by atoms with E-state index in [0.717, 1.165) is 0 Å². The van der Waals surface area contributed by atoms with Crippen LogP contribution in [-0.4, -0.2) is 51.8 Å². The Hall–Kier alpha value is -1.94. The largest absolute Gasteiger partial charge is 0.490 e. The molecule has 0 bridgehead atoms. The third-order valence-electron chi connectivity index (χ3n) is 3.75. The Bertz CT molecular complexity index is 676. The molecule has 2 N–H and O–H groups in total. The number of carboxylic acid groups (broad SMARTS) is 1. The summed E-state index contributed by atoms with van der Waals surface area (Å²) in [6.45, 7) is 0. The number of carbonyl (C=O) groups is 2. The van der Waals surface area contributed by atoms with Crippen molar-refractivity contribution in [2.45, 2.75) is 17.7 Å². The average molecular weight is 386 g/mol. The van der Waals surface area contributed by atoms with Gasteiger partial charge in [0.15, 0.2) is 5.75 Å². The molecule has 2 rings (SSSR count). The number of carboxylic acids is 1. The van der Waals surface area contributed by atoms with Crippen LogP contribution in [0.5, 0.6) is 5.75 Å². The summed E-state index contributed by atoms with van der Waals surface area (Å²) in [5, 5.41) is 23.0. The number of hydrogen-bond donors (Lipinski definition) is 2. The molecule has 0 saturated carbocycles. The van der Waals surface area contributed by atoms with Gasteiger partial charge in [0, 0.05) is 17.6 Å². The van der Waals surface area contributed by atoms with Crippen LogP contribution in [0.3, 0.4) is 0 Å². The lowest BCUT2D eigenvalue weighted by atomic mass is 9.99. The summed E-state index contributed by atoms with van der Waals surface area (Å²) < 4.78 is 4.94. The maximum atomic E-state index is 12.0. The molecule has 1 unspecified atom stereocenters. The number of nitro groups is 1. The van der Waals surface area contributed by atoms with E-state index in [4.69, 9.17) is 4.74 Å². The smallest absolute Gasteiger partial charge is 0.330 e. The molecule has 1 amide bonds. The Balaban J connectivity index is 1.90. The van der Waals surface area contributed by atoms with Gasteiger partial charge in [0.1, 0.15) is 5.54 Å². The minimum atomic E-state index is -1.18. The highest BCUT2D eigenvalue weighted by molar-refractivity contribution is 7.99. The molecule has 10 heteroatoms. The fourth-order valence-electron chi connectivity index (χ4n) is 2.42. The molecule has 1 aromatic carbocycles. The molecule has 1 aliphatic rings. The Morgan fingerprint density at radius 2 is 2.28 bits per heavy atom. The van der Waals surface area contributed by atoms with E-state index in [1.807, 2.05) is 0 Å². The third kappa shape index (κ3) is 4.79. The van der Waals surface area contributed by atoms with Crippen LogP contribution in [0.1, 0.15) is 12.0 Å². The van der Waals surface area contributed by atoms with E-state index in [-0.39, 0.29) is 23.1 Å². The van der Waals surface area contributed by atoms with Gasteiger partial charge in [-0.3, -0.25) is 14.9 Å². The minimum Gasteiger partial charge on any atom is -0.490 e. The first kappa shape index (κ1) is 19.4. The molecule has 1 fully saturated rings. The molecule has 8 nitrogen and oxygen atoms in total. The molecule has 1 aliphatic heterocycles. The molecule has 25 heavy (non-hydrogen) atoms. The van der Waals surface area contributed by atoms with E-state index in [2.05, 4.69) is 5.32 Å².